The second-order valence-corrected chi connectivity index (χ2v) is 5.60. The number of rotatable bonds is 2. The van der Waals surface area contributed by atoms with Crippen molar-refractivity contribution in [3.05, 3.63) is 70.1 Å². The van der Waals surface area contributed by atoms with Gasteiger partial charge in [0.15, 0.2) is 5.75 Å². The average molecular weight is 322 g/mol. The van der Waals surface area contributed by atoms with Crippen LogP contribution in [0, 0.1) is 0 Å². The van der Waals surface area contributed by atoms with Crippen molar-refractivity contribution in [2.45, 2.75) is 12.3 Å². The maximum Gasteiger partial charge on any atom is 0.343 e. The molecule has 1 aliphatic rings. The first-order chi connectivity index (χ1) is 11.7. The number of ether oxygens (including phenoxy) is 2. The predicted molar refractivity (Wildman–Crippen MR) is 87.6 cm³/mol. The van der Waals surface area contributed by atoms with Gasteiger partial charge in [-0.25, -0.2) is 4.79 Å². The molecule has 4 rings (SSSR count). The van der Waals surface area contributed by atoms with Crippen molar-refractivity contribution in [2.24, 2.45) is 0 Å². The first-order valence-electron chi connectivity index (χ1n) is 7.58. The lowest BCUT2D eigenvalue weighted by Gasteiger charge is -2.25. The highest BCUT2D eigenvalue weighted by Crippen LogP contribution is 2.42. The fourth-order valence-electron chi connectivity index (χ4n) is 3.19. The van der Waals surface area contributed by atoms with Crippen LogP contribution in [-0.2, 0) is 4.79 Å². The molecular formula is C19H14O5. The molecule has 0 bridgehead atoms. The van der Waals surface area contributed by atoms with Gasteiger partial charge in [0, 0.05) is 11.5 Å². The number of esters is 1. The standard InChI is InChI=1S/C19H14O5/c1-22-14-8-4-2-6-11(14)13-10-16(20)24-18-12-7-3-5-9-15(12)23-19(21)17(13)18/h2-9,13H,10H2,1H3. The summed E-state index contributed by atoms with van der Waals surface area (Å²) in [5, 5.41) is 0.611. The van der Waals surface area contributed by atoms with Crippen LogP contribution in [0.25, 0.3) is 11.0 Å². The van der Waals surface area contributed by atoms with Gasteiger partial charge in [0.2, 0.25) is 0 Å². The quantitative estimate of drug-likeness (QED) is 0.535. The van der Waals surface area contributed by atoms with E-state index in [2.05, 4.69) is 0 Å². The molecule has 0 aliphatic carbocycles. The Labute approximate surface area is 137 Å². The molecule has 0 radical (unpaired) electrons. The second kappa shape index (κ2) is 5.53. The van der Waals surface area contributed by atoms with Crippen molar-refractivity contribution in [1.29, 1.82) is 0 Å². The molecule has 1 atom stereocenters. The number of hydrogen-bond acceptors (Lipinski definition) is 5. The van der Waals surface area contributed by atoms with Gasteiger partial charge in [0.25, 0.3) is 0 Å². The number of benzene rings is 2. The zero-order valence-electron chi connectivity index (χ0n) is 12.9. The van der Waals surface area contributed by atoms with Gasteiger partial charge in [-0.2, -0.15) is 0 Å². The number of hydrogen-bond donors (Lipinski definition) is 0. The van der Waals surface area contributed by atoms with E-state index in [-0.39, 0.29) is 18.1 Å². The number of methoxy groups -OCH3 is 1. The SMILES string of the molecule is COc1ccccc1C1CC(=O)Oc2c1c(=O)oc1ccccc21. The monoisotopic (exact) mass is 322 g/mol. The van der Waals surface area contributed by atoms with Crippen molar-refractivity contribution in [3.8, 4) is 11.5 Å². The molecule has 2 heterocycles. The molecule has 0 saturated heterocycles. The van der Waals surface area contributed by atoms with E-state index >= 15 is 0 Å². The molecule has 1 aliphatic heterocycles. The van der Waals surface area contributed by atoms with Crippen molar-refractivity contribution < 1.29 is 18.7 Å². The lowest BCUT2D eigenvalue weighted by atomic mass is 9.86. The Hall–Kier alpha value is -3.08. The van der Waals surface area contributed by atoms with Gasteiger partial charge in [-0.1, -0.05) is 30.3 Å². The van der Waals surface area contributed by atoms with E-state index in [9.17, 15) is 9.59 Å². The molecule has 0 N–H and O–H groups in total. The summed E-state index contributed by atoms with van der Waals surface area (Å²) in [5.41, 5.74) is 1.03. The van der Waals surface area contributed by atoms with Crippen molar-refractivity contribution in [1.82, 2.24) is 0 Å². The zero-order valence-corrected chi connectivity index (χ0v) is 12.9. The minimum atomic E-state index is -0.493. The van der Waals surface area contributed by atoms with Crippen LogP contribution in [0.2, 0.25) is 0 Å². The molecule has 120 valence electrons. The van der Waals surface area contributed by atoms with Gasteiger partial charge < -0.3 is 13.9 Å². The second-order valence-electron chi connectivity index (χ2n) is 5.60. The van der Waals surface area contributed by atoms with Crippen LogP contribution in [0.4, 0.5) is 0 Å². The van der Waals surface area contributed by atoms with Crippen LogP contribution in [0.1, 0.15) is 23.5 Å². The third-order valence-corrected chi connectivity index (χ3v) is 4.25. The fourth-order valence-corrected chi connectivity index (χ4v) is 3.19. The summed E-state index contributed by atoms with van der Waals surface area (Å²) in [7, 11) is 1.56. The van der Waals surface area contributed by atoms with Crippen molar-refractivity contribution in [3.63, 3.8) is 0 Å². The number of carbonyl (C=O) groups excluding carboxylic acids is 1. The van der Waals surface area contributed by atoms with E-state index in [0.29, 0.717) is 22.3 Å². The third kappa shape index (κ3) is 2.17. The van der Waals surface area contributed by atoms with Crippen LogP contribution in [0.5, 0.6) is 11.5 Å². The Balaban J connectivity index is 2.03. The lowest BCUT2D eigenvalue weighted by molar-refractivity contribution is -0.135. The van der Waals surface area contributed by atoms with Gasteiger partial charge in [0.1, 0.15) is 11.3 Å². The highest BCUT2D eigenvalue weighted by Gasteiger charge is 2.35. The van der Waals surface area contributed by atoms with Crippen LogP contribution in [0.15, 0.2) is 57.7 Å². The summed E-state index contributed by atoms with van der Waals surface area (Å²) in [6, 6.07) is 14.4. The minimum Gasteiger partial charge on any atom is -0.496 e. The highest BCUT2D eigenvalue weighted by molar-refractivity contribution is 5.90. The van der Waals surface area contributed by atoms with Crippen LogP contribution >= 0.6 is 0 Å². The third-order valence-electron chi connectivity index (χ3n) is 4.25. The maximum atomic E-state index is 12.6. The molecule has 0 fully saturated rings. The van der Waals surface area contributed by atoms with Crippen LogP contribution < -0.4 is 15.1 Å². The molecule has 2 aromatic carbocycles. The predicted octanol–water partition coefficient (Wildman–Crippen LogP) is 3.24. The summed E-state index contributed by atoms with van der Waals surface area (Å²) in [5.74, 6) is 0.0668. The summed E-state index contributed by atoms with van der Waals surface area (Å²) >= 11 is 0. The van der Waals surface area contributed by atoms with E-state index in [1.165, 1.54) is 0 Å². The van der Waals surface area contributed by atoms with Crippen molar-refractivity contribution in [2.75, 3.05) is 7.11 Å². The summed E-state index contributed by atoms with van der Waals surface area (Å²) < 4.78 is 16.2. The number of fused-ring (bicyclic) bond motifs is 3. The molecule has 1 unspecified atom stereocenters. The largest absolute Gasteiger partial charge is 0.496 e. The zero-order chi connectivity index (χ0) is 16.7. The van der Waals surface area contributed by atoms with E-state index in [1.807, 2.05) is 24.3 Å². The Bertz CT molecular complexity index is 1000. The van der Waals surface area contributed by atoms with E-state index in [1.54, 1.807) is 31.4 Å². The molecule has 0 spiro atoms. The Morgan fingerprint density at radius 3 is 2.62 bits per heavy atom. The van der Waals surface area contributed by atoms with Crippen LogP contribution in [0.3, 0.4) is 0 Å². The van der Waals surface area contributed by atoms with Gasteiger partial charge in [-0.3, -0.25) is 4.79 Å². The topological polar surface area (TPSA) is 65.7 Å². The van der Waals surface area contributed by atoms with Gasteiger partial charge in [-0.15, -0.1) is 0 Å². The smallest absolute Gasteiger partial charge is 0.343 e. The normalized spacial score (nSPS) is 16.5. The molecule has 0 saturated carbocycles. The molecule has 5 heteroatoms. The lowest BCUT2D eigenvalue weighted by Crippen LogP contribution is -2.27. The summed E-state index contributed by atoms with van der Waals surface area (Å²) in [4.78, 5) is 24.7. The number of para-hydroxylation sites is 2. The molecule has 1 aromatic heterocycles. The van der Waals surface area contributed by atoms with Crippen LogP contribution in [-0.4, -0.2) is 13.1 Å². The Morgan fingerprint density at radius 1 is 1.04 bits per heavy atom. The first-order valence-corrected chi connectivity index (χ1v) is 7.58. The Morgan fingerprint density at radius 2 is 1.79 bits per heavy atom. The molecule has 3 aromatic rings. The molecule has 5 nitrogen and oxygen atoms in total. The van der Waals surface area contributed by atoms with Gasteiger partial charge >= 0.3 is 11.6 Å². The minimum absolute atomic E-state index is 0.0659. The van der Waals surface area contributed by atoms with E-state index in [4.69, 9.17) is 13.9 Å². The molecular weight excluding hydrogens is 308 g/mol. The molecule has 0 amide bonds. The van der Waals surface area contributed by atoms with E-state index < -0.39 is 11.5 Å². The molecule has 24 heavy (non-hydrogen) atoms. The Kier molecular flexibility index (Phi) is 3.34. The van der Waals surface area contributed by atoms with E-state index in [0.717, 1.165) is 5.56 Å². The highest BCUT2D eigenvalue weighted by atomic mass is 16.5. The van der Waals surface area contributed by atoms with Gasteiger partial charge in [-0.05, 0) is 18.2 Å². The summed E-state index contributed by atoms with van der Waals surface area (Å²) in [6.45, 7) is 0. The fraction of sp³-hybridized carbons (Fsp3) is 0.158. The average Bonchev–Trinajstić information content (AvgIpc) is 2.61. The van der Waals surface area contributed by atoms with Crippen molar-refractivity contribution >= 4 is 16.9 Å². The summed E-state index contributed by atoms with van der Waals surface area (Å²) in [6.07, 6.45) is 0.0659. The first kappa shape index (κ1) is 14.5. The van der Waals surface area contributed by atoms with Gasteiger partial charge in [0.05, 0.1) is 24.5 Å². The maximum absolute atomic E-state index is 12.6. The number of carbonyl (C=O) groups is 1.